The lowest BCUT2D eigenvalue weighted by Crippen LogP contribution is -2.38. The van der Waals surface area contributed by atoms with Crippen molar-refractivity contribution in [1.82, 2.24) is 0 Å². The Balaban J connectivity index is 2.70. The zero-order chi connectivity index (χ0) is 11.5. The van der Waals surface area contributed by atoms with Crippen LogP contribution < -0.4 is 0 Å². The number of ether oxygens (including phenoxy) is 1. The largest absolute Gasteiger partial charge is 0.466 e. The van der Waals surface area contributed by atoms with E-state index < -0.39 is 24.0 Å². The number of rotatable bonds is 2. The SMILES string of the molecule is CCOC(=O)[C@@H]1CCCC[C@H]1C(F)(F)F. The van der Waals surface area contributed by atoms with Gasteiger partial charge in [-0.3, -0.25) is 4.79 Å². The van der Waals surface area contributed by atoms with Crippen LogP contribution in [0.15, 0.2) is 0 Å². The maximum absolute atomic E-state index is 12.6. The first-order valence-corrected chi connectivity index (χ1v) is 5.20. The summed E-state index contributed by atoms with van der Waals surface area (Å²) in [6.07, 6.45) is -2.72. The molecule has 1 saturated carbocycles. The Hall–Kier alpha value is -0.740. The second-order valence-corrected chi connectivity index (χ2v) is 3.79. The number of hydrogen-bond donors (Lipinski definition) is 0. The molecule has 0 aromatic heterocycles. The van der Waals surface area contributed by atoms with Crippen LogP contribution in [-0.2, 0) is 9.53 Å². The smallest absolute Gasteiger partial charge is 0.392 e. The van der Waals surface area contributed by atoms with Gasteiger partial charge in [0.15, 0.2) is 0 Å². The zero-order valence-electron chi connectivity index (χ0n) is 8.64. The molecular weight excluding hydrogens is 209 g/mol. The Morgan fingerprint density at radius 1 is 1.33 bits per heavy atom. The van der Waals surface area contributed by atoms with Crippen LogP contribution in [0.3, 0.4) is 0 Å². The average Bonchev–Trinajstić information content (AvgIpc) is 2.17. The summed E-state index contributed by atoms with van der Waals surface area (Å²) >= 11 is 0. The molecule has 1 fully saturated rings. The highest BCUT2D eigenvalue weighted by atomic mass is 19.4. The molecule has 0 aromatic carbocycles. The van der Waals surface area contributed by atoms with Crippen molar-refractivity contribution in [3.8, 4) is 0 Å². The predicted octanol–water partition coefficient (Wildman–Crippen LogP) is 2.92. The summed E-state index contributed by atoms with van der Waals surface area (Å²) in [5, 5.41) is 0. The van der Waals surface area contributed by atoms with Gasteiger partial charge in [-0.2, -0.15) is 13.2 Å². The Bertz CT molecular complexity index is 225. The van der Waals surface area contributed by atoms with Crippen LogP contribution >= 0.6 is 0 Å². The summed E-state index contributed by atoms with van der Waals surface area (Å²) in [6, 6.07) is 0. The third-order valence-electron chi connectivity index (χ3n) is 2.78. The first-order chi connectivity index (χ1) is 6.96. The van der Waals surface area contributed by atoms with Crippen LogP contribution in [0, 0.1) is 11.8 Å². The fourth-order valence-electron chi connectivity index (χ4n) is 2.05. The third-order valence-corrected chi connectivity index (χ3v) is 2.78. The van der Waals surface area contributed by atoms with Gasteiger partial charge in [-0.25, -0.2) is 0 Å². The van der Waals surface area contributed by atoms with Crippen molar-refractivity contribution >= 4 is 5.97 Å². The summed E-state index contributed by atoms with van der Waals surface area (Å²) in [5.41, 5.74) is 0. The lowest BCUT2D eigenvalue weighted by atomic mass is 9.79. The van der Waals surface area contributed by atoms with E-state index in [1.165, 1.54) is 0 Å². The molecule has 88 valence electrons. The first kappa shape index (κ1) is 12.3. The van der Waals surface area contributed by atoms with E-state index in [4.69, 9.17) is 0 Å². The number of alkyl halides is 3. The number of esters is 1. The fourth-order valence-corrected chi connectivity index (χ4v) is 2.05. The highest BCUT2D eigenvalue weighted by molar-refractivity contribution is 5.73. The Morgan fingerprint density at radius 3 is 2.47 bits per heavy atom. The van der Waals surface area contributed by atoms with Crippen LogP contribution in [0.5, 0.6) is 0 Å². The quantitative estimate of drug-likeness (QED) is 0.674. The van der Waals surface area contributed by atoms with Crippen molar-refractivity contribution in [2.45, 2.75) is 38.8 Å². The van der Waals surface area contributed by atoms with E-state index in [-0.39, 0.29) is 13.0 Å². The summed E-state index contributed by atoms with van der Waals surface area (Å²) < 4.78 is 42.4. The maximum Gasteiger partial charge on any atom is 0.392 e. The molecule has 15 heavy (non-hydrogen) atoms. The summed E-state index contributed by atoms with van der Waals surface area (Å²) in [5.74, 6) is -3.19. The molecule has 1 rings (SSSR count). The molecule has 0 N–H and O–H groups in total. The molecule has 0 bridgehead atoms. The van der Waals surface area contributed by atoms with Gasteiger partial charge in [0.1, 0.15) is 0 Å². The number of carbonyl (C=O) groups is 1. The highest BCUT2D eigenvalue weighted by Gasteiger charge is 2.48. The van der Waals surface area contributed by atoms with Gasteiger partial charge in [-0.15, -0.1) is 0 Å². The Morgan fingerprint density at radius 2 is 1.93 bits per heavy atom. The summed E-state index contributed by atoms with van der Waals surface area (Å²) in [4.78, 5) is 11.3. The molecule has 0 aromatic rings. The summed E-state index contributed by atoms with van der Waals surface area (Å²) in [6.45, 7) is 1.74. The minimum absolute atomic E-state index is 0.0486. The minimum Gasteiger partial charge on any atom is -0.466 e. The Kier molecular flexibility index (Phi) is 3.99. The van der Waals surface area contributed by atoms with E-state index in [9.17, 15) is 18.0 Å². The Labute approximate surface area is 86.8 Å². The van der Waals surface area contributed by atoms with Gasteiger partial charge in [0, 0.05) is 0 Å². The molecule has 2 atom stereocenters. The molecule has 5 heteroatoms. The average molecular weight is 224 g/mol. The first-order valence-electron chi connectivity index (χ1n) is 5.20. The topological polar surface area (TPSA) is 26.3 Å². The van der Waals surface area contributed by atoms with Crippen LogP contribution in [-0.4, -0.2) is 18.8 Å². The normalized spacial score (nSPS) is 27.5. The fraction of sp³-hybridized carbons (Fsp3) is 0.900. The second kappa shape index (κ2) is 4.86. The van der Waals surface area contributed by atoms with E-state index in [0.29, 0.717) is 19.3 Å². The molecule has 0 radical (unpaired) electrons. The van der Waals surface area contributed by atoms with Crippen LogP contribution in [0.4, 0.5) is 13.2 Å². The van der Waals surface area contributed by atoms with E-state index in [1.807, 2.05) is 0 Å². The lowest BCUT2D eigenvalue weighted by molar-refractivity contribution is -0.204. The molecule has 0 amide bonds. The van der Waals surface area contributed by atoms with Crippen molar-refractivity contribution < 1.29 is 22.7 Å². The van der Waals surface area contributed by atoms with E-state index in [1.54, 1.807) is 6.92 Å². The van der Waals surface area contributed by atoms with Crippen molar-refractivity contribution in [2.75, 3.05) is 6.61 Å². The number of carbonyl (C=O) groups excluding carboxylic acids is 1. The molecule has 0 unspecified atom stereocenters. The van der Waals surface area contributed by atoms with Gasteiger partial charge in [-0.05, 0) is 19.8 Å². The number of hydrogen-bond acceptors (Lipinski definition) is 2. The molecule has 1 aliphatic rings. The van der Waals surface area contributed by atoms with Crippen LogP contribution in [0.25, 0.3) is 0 Å². The predicted molar refractivity (Wildman–Crippen MR) is 48.1 cm³/mol. The van der Waals surface area contributed by atoms with Crippen molar-refractivity contribution in [3.05, 3.63) is 0 Å². The van der Waals surface area contributed by atoms with Gasteiger partial charge < -0.3 is 4.74 Å². The molecule has 0 aliphatic heterocycles. The standard InChI is InChI=1S/C10H15F3O2/c1-2-15-9(14)7-5-3-4-6-8(7)10(11,12)13/h7-8H,2-6H2,1H3/t7-,8-/m1/s1. The van der Waals surface area contributed by atoms with E-state index in [2.05, 4.69) is 4.74 Å². The van der Waals surface area contributed by atoms with Gasteiger partial charge >= 0.3 is 12.1 Å². The zero-order valence-corrected chi connectivity index (χ0v) is 8.64. The number of halogens is 3. The maximum atomic E-state index is 12.6. The van der Waals surface area contributed by atoms with E-state index in [0.717, 1.165) is 0 Å². The van der Waals surface area contributed by atoms with Crippen LogP contribution in [0.1, 0.15) is 32.6 Å². The second-order valence-electron chi connectivity index (χ2n) is 3.79. The van der Waals surface area contributed by atoms with Gasteiger partial charge in [0.2, 0.25) is 0 Å². The molecular formula is C10H15F3O2. The molecule has 2 nitrogen and oxygen atoms in total. The summed E-state index contributed by atoms with van der Waals surface area (Å²) in [7, 11) is 0. The molecule has 0 saturated heterocycles. The van der Waals surface area contributed by atoms with Gasteiger partial charge in [-0.1, -0.05) is 12.8 Å². The van der Waals surface area contributed by atoms with E-state index >= 15 is 0 Å². The van der Waals surface area contributed by atoms with Crippen molar-refractivity contribution in [2.24, 2.45) is 11.8 Å². The molecule has 0 spiro atoms. The van der Waals surface area contributed by atoms with Crippen molar-refractivity contribution in [3.63, 3.8) is 0 Å². The van der Waals surface area contributed by atoms with Gasteiger partial charge in [0.05, 0.1) is 18.4 Å². The highest BCUT2D eigenvalue weighted by Crippen LogP contribution is 2.41. The molecule has 1 aliphatic carbocycles. The minimum atomic E-state index is -4.28. The molecule has 0 heterocycles. The lowest BCUT2D eigenvalue weighted by Gasteiger charge is -2.31. The van der Waals surface area contributed by atoms with Crippen molar-refractivity contribution in [1.29, 1.82) is 0 Å². The van der Waals surface area contributed by atoms with Gasteiger partial charge in [0.25, 0.3) is 0 Å². The third kappa shape index (κ3) is 3.11. The van der Waals surface area contributed by atoms with Crippen LogP contribution in [0.2, 0.25) is 0 Å². The monoisotopic (exact) mass is 224 g/mol.